The Morgan fingerprint density at radius 2 is 2.23 bits per heavy atom. The van der Waals surface area contributed by atoms with Crippen LogP contribution in [0.15, 0.2) is 12.4 Å². The third-order valence-electron chi connectivity index (χ3n) is 4.84. The molecule has 3 heterocycles. The van der Waals surface area contributed by atoms with Crippen molar-refractivity contribution in [2.75, 3.05) is 19.8 Å². The van der Waals surface area contributed by atoms with E-state index < -0.39 is 0 Å². The lowest BCUT2D eigenvalue weighted by atomic mass is 10.0. The third kappa shape index (κ3) is 3.03. The first-order chi connectivity index (χ1) is 10.8. The number of hydrogen-bond donors (Lipinski definition) is 1. The molecule has 6 nitrogen and oxygen atoms in total. The van der Waals surface area contributed by atoms with Gasteiger partial charge in [0.1, 0.15) is 6.10 Å². The van der Waals surface area contributed by atoms with Crippen LogP contribution in [0.25, 0.3) is 0 Å². The molecule has 1 aromatic heterocycles. The second kappa shape index (κ2) is 6.01. The number of carbonyl (C=O) groups excluding carboxylic acids is 1. The molecule has 22 heavy (non-hydrogen) atoms. The molecule has 0 spiro atoms. The Hall–Kier alpha value is -1.40. The Labute approximate surface area is 130 Å². The lowest BCUT2D eigenvalue weighted by molar-refractivity contribution is -0.126. The molecule has 0 bridgehead atoms. The molecular weight excluding hydrogens is 282 g/mol. The van der Waals surface area contributed by atoms with Gasteiger partial charge in [-0.1, -0.05) is 0 Å². The molecule has 4 rings (SSSR count). The predicted molar refractivity (Wildman–Crippen MR) is 79.1 cm³/mol. The van der Waals surface area contributed by atoms with Crippen LogP contribution >= 0.6 is 0 Å². The zero-order valence-electron chi connectivity index (χ0n) is 12.7. The first kappa shape index (κ1) is 14.2. The maximum absolute atomic E-state index is 12.3. The summed E-state index contributed by atoms with van der Waals surface area (Å²) in [5.41, 5.74) is 1.08. The molecule has 3 aliphatic rings. The van der Waals surface area contributed by atoms with E-state index in [1.54, 1.807) is 0 Å². The highest BCUT2D eigenvalue weighted by Crippen LogP contribution is 2.32. The number of carbonyl (C=O) groups is 1. The van der Waals surface area contributed by atoms with E-state index in [0.717, 1.165) is 30.9 Å². The zero-order chi connectivity index (χ0) is 14.9. The van der Waals surface area contributed by atoms with Crippen molar-refractivity contribution < 1.29 is 14.3 Å². The van der Waals surface area contributed by atoms with Crippen molar-refractivity contribution in [1.29, 1.82) is 0 Å². The van der Waals surface area contributed by atoms with Gasteiger partial charge < -0.3 is 14.8 Å². The maximum atomic E-state index is 12.3. The molecule has 1 aliphatic carbocycles. The second-order valence-electron chi connectivity index (χ2n) is 6.69. The third-order valence-corrected chi connectivity index (χ3v) is 4.84. The van der Waals surface area contributed by atoms with Crippen LogP contribution in [0.5, 0.6) is 0 Å². The van der Waals surface area contributed by atoms with Crippen molar-refractivity contribution in [3.63, 3.8) is 0 Å². The molecule has 2 saturated heterocycles. The Bertz CT molecular complexity index is 534. The summed E-state index contributed by atoms with van der Waals surface area (Å²) >= 11 is 0. The average Bonchev–Trinajstić information content (AvgIpc) is 2.96. The van der Waals surface area contributed by atoms with Crippen LogP contribution in [-0.4, -0.2) is 41.6 Å². The van der Waals surface area contributed by atoms with E-state index >= 15 is 0 Å². The van der Waals surface area contributed by atoms with Gasteiger partial charge in [-0.3, -0.25) is 9.48 Å². The number of amides is 1. The smallest absolute Gasteiger partial charge is 0.225 e. The van der Waals surface area contributed by atoms with Crippen molar-refractivity contribution in [1.82, 2.24) is 15.1 Å². The van der Waals surface area contributed by atoms with Crippen LogP contribution < -0.4 is 5.32 Å². The molecule has 0 aromatic carbocycles. The van der Waals surface area contributed by atoms with Gasteiger partial charge in [-0.15, -0.1) is 0 Å². The lowest BCUT2D eigenvalue weighted by Gasteiger charge is -2.20. The van der Waals surface area contributed by atoms with Gasteiger partial charge >= 0.3 is 0 Å². The van der Waals surface area contributed by atoms with Gasteiger partial charge in [-0.05, 0) is 31.6 Å². The van der Waals surface area contributed by atoms with Crippen LogP contribution in [0.2, 0.25) is 0 Å². The van der Waals surface area contributed by atoms with Crippen LogP contribution in [0.1, 0.15) is 37.4 Å². The molecule has 3 fully saturated rings. The summed E-state index contributed by atoms with van der Waals surface area (Å²) in [7, 11) is 0. The summed E-state index contributed by atoms with van der Waals surface area (Å²) in [6, 6.07) is 0.0478. The van der Waals surface area contributed by atoms with E-state index in [-0.39, 0.29) is 24.0 Å². The molecule has 6 heteroatoms. The average molecular weight is 305 g/mol. The Morgan fingerprint density at radius 1 is 1.32 bits per heavy atom. The van der Waals surface area contributed by atoms with Gasteiger partial charge in [0.25, 0.3) is 0 Å². The highest BCUT2D eigenvalue weighted by atomic mass is 16.5. The molecule has 1 saturated carbocycles. The molecule has 0 unspecified atom stereocenters. The van der Waals surface area contributed by atoms with Crippen molar-refractivity contribution >= 4 is 5.91 Å². The van der Waals surface area contributed by atoms with Crippen molar-refractivity contribution in [3.05, 3.63) is 18.0 Å². The summed E-state index contributed by atoms with van der Waals surface area (Å²) < 4.78 is 13.2. The summed E-state index contributed by atoms with van der Waals surface area (Å²) in [5, 5.41) is 7.59. The molecule has 1 amide bonds. The minimum absolute atomic E-state index is 0.00107. The largest absolute Gasteiger partial charge is 0.381 e. The van der Waals surface area contributed by atoms with E-state index in [1.807, 2.05) is 10.9 Å². The van der Waals surface area contributed by atoms with Crippen LogP contribution in [0.4, 0.5) is 0 Å². The summed E-state index contributed by atoms with van der Waals surface area (Å²) in [5.74, 6) is 0.900. The first-order valence-electron chi connectivity index (χ1n) is 8.31. The standard InChI is InChI=1S/C16H23N3O3/c20-16(12-3-5-21-10-12)18-14-4-6-22-15(14)13-7-17-19(9-13)8-11-1-2-11/h7,9,11-12,14-15H,1-6,8,10H2,(H,18,20)/t12-,14-,15+/m1/s1. The van der Waals surface area contributed by atoms with Crippen molar-refractivity contribution in [2.24, 2.45) is 11.8 Å². The van der Waals surface area contributed by atoms with Crippen molar-refractivity contribution in [2.45, 2.75) is 44.4 Å². The normalized spacial score (nSPS) is 31.5. The van der Waals surface area contributed by atoms with Gasteiger partial charge in [-0.2, -0.15) is 5.10 Å². The first-order valence-corrected chi connectivity index (χ1v) is 8.31. The van der Waals surface area contributed by atoms with Gasteiger partial charge in [0.15, 0.2) is 0 Å². The molecule has 0 radical (unpaired) electrons. The monoisotopic (exact) mass is 305 g/mol. The number of nitrogens with zero attached hydrogens (tertiary/aromatic N) is 2. The SMILES string of the molecule is O=C(N[C@@H]1CCO[C@H]1c1cnn(CC2CC2)c1)[C@@H]1CCOC1. The van der Waals surface area contributed by atoms with Gasteiger partial charge in [-0.25, -0.2) is 0 Å². The lowest BCUT2D eigenvalue weighted by Crippen LogP contribution is -2.40. The maximum Gasteiger partial charge on any atom is 0.225 e. The van der Waals surface area contributed by atoms with Crippen LogP contribution in [-0.2, 0) is 20.8 Å². The summed E-state index contributed by atoms with van der Waals surface area (Å²) in [6.45, 7) is 2.92. The van der Waals surface area contributed by atoms with Gasteiger partial charge in [0, 0.05) is 31.5 Å². The quantitative estimate of drug-likeness (QED) is 0.890. The van der Waals surface area contributed by atoms with E-state index in [1.165, 1.54) is 12.8 Å². The molecule has 1 aromatic rings. The Balaban J connectivity index is 1.39. The fourth-order valence-electron chi connectivity index (χ4n) is 3.30. The fourth-order valence-corrected chi connectivity index (χ4v) is 3.30. The Morgan fingerprint density at radius 3 is 3.00 bits per heavy atom. The Kier molecular flexibility index (Phi) is 3.88. The van der Waals surface area contributed by atoms with Crippen molar-refractivity contribution in [3.8, 4) is 0 Å². The highest BCUT2D eigenvalue weighted by molar-refractivity contribution is 5.79. The number of aromatic nitrogens is 2. The molecule has 2 aliphatic heterocycles. The van der Waals surface area contributed by atoms with E-state index in [2.05, 4.69) is 16.6 Å². The minimum atomic E-state index is -0.0702. The number of ether oxygens (including phenoxy) is 2. The number of nitrogens with one attached hydrogen (secondary N) is 1. The molecule has 3 atom stereocenters. The zero-order valence-corrected chi connectivity index (χ0v) is 12.7. The molecular formula is C16H23N3O3. The topological polar surface area (TPSA) is 65.4 Å². The molecule has 120 valence electrons. The van der Waals surface area contributed by atoms with E-state index in [4.69, 9.17) is 9.47 Å². The summed E-state index contributed by atoms with van der Waals surface area (Å²) in [4.78, 5) is 12.3. The molecule has 1 N–H and O–H groups in total. The number of hydrogen-bond acceptors (Lipinski definition) is 4. The summed E-state index contributed by atoms with van der Waals surface area (Å²) in [6.07, 6.45) is 8.21. The van der Waals surface area contributed by atoms with Gasteiger partial charge in [0.05, 0.1) is 24.8 Å². The van der Waals surface area contributed by atoms with E-state index in [9.17, 15) is 4.79 Å². The highest BCUT2D eigenvalue weighted by Gasteiger charge is 2.34. The predicted octanol–water partition coefficient (Wildman–Crippen LogP) is 1.28. The minimum Gasteiger partial charge on any atom is -0.381 e. The van der Waals surface area contributed by atoms with Gasteiger partial charge in [0.2, 0.25) is 5.91 Å². The second-order valence-corrected chi connectivity index (χ2v) is 6.69. The van der Waals surface area contributed by atoms with E-state index in [0.29, 0.717) is 19.8 Å². The van der Waals surface area contributed by atoms with Crippen LogP contribution in [0, 0.1) is 11.8 Å². The number of rotatable bonds is 5. The van der Waals surface area contributed by atoms with Crippen LogP contribution in [0.3, 0.4) is 0 Å². The fraction of sp³-hybridized carbons (Fsp3) is 0.750.